The molecule has 3 aromatic rings. The molecule has 3 heterocycles. The second kappa shape index (κ2) is 8.48. The van der Waals surface area contributed by atoms with E-state index in [1.165, 1.54) is 4.90 Å². The van der Waals surface area contributed by atoms with Crippen molar-refractivity contribution in [3.63, 3.8) is 0 Å². The Labute approximate surface area is 207 Å². The highest BCUT2D eigenvalue weighted by Gasteiger charge is 2.64. The van der Waals surface area contributed by atoms with Gasteiger partial charge in [0.2, 0.25) is 0 Å². The summed E-state index contributed by atoms with van der Waals surface area (Å²) in [6.07, 6.45) is 1.86. The Bertz CT molecular complexity index is 1280. The lowest BCUT2D eigenvalue weighted by Gasteiger charge is -2.34. The molecular weight excluding hydrogens is 473 g/mol. The lowest BCUT2D eigenvalue weighted by molar-refractivity contribution is -0.124. The third kappa shape index (κ3) is 3.55. The molecule has 0 saturated carbocycles. The zero-order chi connectivity index (χ0) is 24.0. The zero-order valence-corrected chi connectivity index (χ0v) is 19.8. The number of benzene rings is 2. The highest BCUT2D eigenvalue weighted by atomic mass is 35.5. The number of aromatic amines is 1. The molecule has 2 fully saturated rings. The first-order valence-corrected chi connectivity index (χ1v) is 11.5. The van der Waals surface area contributed by atoms with Gasteiger partial charge in [0.25, 0.3) is 5.91 Å². The fraction of sp³-hybridized carbons (Fsp3) is 0.240. The number of halogens is 2. The lowest BCUT2D eigenvalue weighted by atomic mass is 9.80. The van der Waals surface area contributed by atoms with E-state index in [0.29, 0.717) is 40.9 Å². The summed E-state index contributed by atoms with van der Waals surface area (Å²) in [5, 5.41) is 9.90. The van der Waals surface area contributed by atoms with E-state index >= 15 is 0 Å². The van der Waals surface area contributed by atoms with Crippen molar-refractivity contribution in [2.45, 2.75) is 18.0 Å². The van der Waals surface area contributed by atoms with Crippen molar-refractivity contribution in [3.8, 4) is 6.07 Å². The zero-order valence-electron chi connectivity index (χ0n) is 18.3. The monoisotopic (exact) mass is 493 g/mol. The molecule has 2 saturated heterocycles. The number of hydrogen-bond acceptors (Lipinski definition) is 4. The van der Waals surface area contributed by atoms with Gasteiger partial charge in [-0.3, -0.25) is 9.69 Å². The number of likely N-dealkylation sites (N-methyl/N-ethyl adjacent to an activating group) is 1. The van der Waals surface area contributed by atoms with E-state index in [1.54, 1.807) is 42.3 Å². The minimum Gasteiger partial charge on any atom is -0.364 e. The fourth-order valence-electron chi connectivity index (χ4n) is 5.12. The van der Waals surface area contributed by atoms with E-state index in [2.05, 4.69) is 16.0 Å². The Morgan fingerprint density at radius 1 is 1.12 bits per heavy atom. The molecule has 1 aromatic heterocycles. The van der Waals surface area contributed by atoms with Gasteiger partial charge in [0.05, 0.1) is 17.3 Å². The van der Waals surface area contributed by atoms with E-state index in [-0.39, 0.29) is 11.8 Å². The number of amides is 3. The number of hydrogen-bond donors (Lipinski definition) is 1. The maximum absolute atomic E-state index is 14.1. The summed E-state index contributed by atoms with van der Waals surface area (Å²) in [5.74, 6) is -0.613. The van der Waals surface area contributed by atoms with Gasteiger partial charge in [-0.25, -0.2) is 9.69 Å². The molecule has 34 heavy (non-hydrogen) atoms. The van der Waals surface area contributed by atoms with Crippen LogP contribution in [0.5, 0.6) is 0 Å². The number of nitrogens with one attached hydrogen (secondary N) is 1. The molecule has 7 nitrogen and oxygen atoms in total. The number of aromatic nitrogens is 1. The summed E-state index contributed by atoms with van der Waals surface area (Å²) < 4.78 is 0. The first-order valence-electron chi connectivity index (χ1n) is 10.8. The molecular formula is C25H21Cl2N5O2. The topological polar surface area (TPSA) is 83.4 Å². The fourth-order valence-corrected chi connectivity index (χ4v) is 5.63. The number of nitriles is 1. The van der Waals surface area contributed by atoms with Gasteiger partial charge in [0.1, 0.15) is 5.54 Å². The maximum Gasteiger partial charge on any atom is 0.332 e. The van der Waals surface area contributed by atoms with Gasteiger partial charge in [-0.05, 0) is 48.0 Å². The maximum atomic E-state index is 14.1. The average molecular weight is 494 g/mol. The molecule has 0 radical (unpaired) electrons. The van der Waals surface area contributed by atoms with Gasteiger partial charge in [0.15, 0.2) is 0 Å². The lowest BCUT2D eigenvalue weighted by Crippen LogP contribution is -2.53. The molecule has 2 aromatic carbocycles. The third-order valence-electron chi connectivity index (χ3n) is 6.74. The molecule has 2 aliphatic rings. The molecule has 3 amide bonds. The van der Waals surface area contributed by atoms with Gasteiger partial charge in [-0.15, -0.1) is 0 Å². The molecule has 0 aliphatic carbocycles. The largest absolute Gasteiger partial charge is 0.364 e. The minimum atomic E-state index is -1.12. The van der Waals surface area contributed by atoms with Crippen molar-refractivity contribution in [3.05, 3.63) is 87.7 Å². The van der Waals surface area contributed by atoms with E-state index in [9.17, 15) is 14.9 Å². The van der Waals surface area contributed by atoms with E-state index in [0.717, 1.165) is 11.3 Å². The quantitative estimate of drug-likeness (QED) is 0.537. The number of imide groups is 1. The molecule has 2 aliphatic heterocycles. The van der Waals surface area contributed by atoms with Crippen LogP contribution in [0, 0.1) is 11.3 Å². The van der Waals surface area contributed by atoms with Crippen molar-refractivity contribution in [1.29, 1.82) is 5.26 Å². The van der Waals surface area contributed by atoms with Gasteiger partial charge < -0.3 is 9.88 Å². The normalized spacial score (nSPS) is 22.7. The summed E-state index contributed by atoms with van der Waals surface area (Å²) in [7, 11) is 1.67. The summed E-state index contributed by atoms with van der Waals surface area (Å²) in [6, 6.07) is 17.5. The van der Waals surface area contributed by atoms with Gasteiger partial charge >= 0.3 is 6.03 Å². The van der Waals surface area contributed by atoms with Crippen LogP contribution in [0.2, 0.25) is 10.0 Å². The second-order valence-electron chi connectivity index (χ2n) is 8.69. The highest BCUT2D eigenvalue weighted by molar-refractivity contribution is 6.35. The van der Waals surface area contributed by atoms with Gasteiger partial charge in [-0.2, -0.15) is 5.26 Å². The summed E-state index contributed by atoms with van der Waals surface area (Å²) in [5.41, 5.74) is 1.68. The van der Waals surface area contributed by atoms with E-state index < -0.39 is 11.6 Å². The van der Waals surface area contributed by atoms with Crippen LogP contribution in [0.1, 0.15) is 22.7 Å². The Hall–Kier alpha value is -3.31. The predicted molar refractivity (Wildman–Crippen MR) is 130 cm³/mol. The third-order valence-corrected chi connectivity index (χ3v) is 7.17. The predicted octanol–water partition coefficient (Wildman–Crippen LogP) is 4.63. The van der Waals surface area contributed by atoms with Crippen LogP contribution in [-0.2, 0) is 11.3 Å². The van der Waals surface area contributed by atoms with Gasteiger partial charge in [-0.1, -0.05) is 35.3 Å². The molecule has 1 N–H and O–H groups in total. The molecule has 5 rings (SSSR count). The number of nitrogens with zero attached hydrogens (tertiary/aromatic N) is 4. The smallest absolute Gasteiger partial charge is 0.332 e. The summed E-state index contributed by atoms with van der Waals surface area (Å²) in [6.45, 7) is 1.54. The number of H-pyrrole nitrogens is 1. The summed E-state index contributed by atoms with van der Waals surface area (Å²) in [4.78, 5) is 35.7. The molecule has 9 heteroatoms. The van der Waals surface area contributed by atoms with Crippen molar-refractivity contribution in [2.75, 3.05) is 25.0 Å². The first kappa shape index (κ1) is 22.5. The van der Waals surface area contributed by atoms with Crippen LogP contribution >= 0.6 is 23.2 Å². The molecule has 2 atom stereocenters. The van der Waals surface area contributed by atoms with Crippen molar-refractivity contribution >= 4 is 40.8 Å². The van der Waals surface area contributed by atoms with Crippen LogP contribution in [0.3, 0.4) is 0 Å². The number of urea groups is 1. The standard InChI is InChI=1S/C25H21Cl2N5O2/c1-30-24(34)32(21-10-18(26)9-19(27)11-21)23(33)25(30)15-31(13-20-3-2-8-29-20)14-22(25)17-6-4-16(12-28)5-7-17/h2-11,22,29H,13-15H2,1H3/t22-,25+/m0/s1. The van der Waals surface area contributed by atoms with Crippen molar-refractivity contribution in [1.82, 2.24) is 14.8 Å². The van der Waals surface area contributed by atoms with Crippen LogP contribution < -0.4 is 4.90 Å². The molecule has 0 unspecified atom stereocenters. The Balaban J connectivity index is 1.59. The van der Waals surface area contributed by atoms with Crippen LogP contribution in [-0.4, -0.2) is 52.4 Å². The number of carbonyl (C=O) groups is 2. The average Bonchev–Trinajstić information content (AvgIpc) is 3.50. The highest BCUT2D eigenvalue weighted by Crippen LogP contribution is 2.46. The number of likely N-dealkylation sites (tertiary alicyclic amines) is 1. The SMILES string of the molecule is CN1C(=O)N(c2cc(Cl)cc(Cl)c2)C(=O)[C@]12CN(Cc1ccc[nH]1)C[C@H]2c1ccc(C#N)cc1. The van der Waals surface area contributed by atoms with Crippen LogP contribution in [0.25, 0.3) is 0 Å². The summed E-state index contributed by atoms with van der Waals surface area (Å²) >= 11 is 12.4. The first-order chi connectivity index (χ1) is 16.3. The molecule has 172 valence electrons. The second-order valence-corrected chi connectivity index (χ2v) is 9.56. The van der Waals surface area contributed by atoms with Crippen molar-refractivity contribution < 1.29 is 9.59 Å². The Kier molecular flexibility index (Phi) is 5.61. The minimum absolute atomic E-state index is 0.295. The Morgan fingerprint density at radius 2 is 1.82 bits per heavy atom. The number of carbonyl (C=O) groups excluding carboxylic acids is 2. The Morgan fingerprint density at radius 3 is 2.44 bits per heavy atom. The van der Waals surface area contributed by atoms with E-state index in [1.807, 2.05) is 30.5 Å². The van der Waals surface area contributed by atoms with Crippen LogP contribution in [0.4, 0.5) is 10.5 Å². The van der Waals surface area contributed by atoms with Crippen LogP contribution in [0.15, 0.2) is 60.8 Å². The van der Waals surface area contributed by atoms with Crippen molar-refractivity contribution in [2.24, 2.45) is 0 Å². The molecule has 1 spiro atoms. The molecule has 0 bridgehead atoms. The number of anilines is 1. The van der Waals surface area contributed by atoms with Gasteiger partial charge in [0, 0.05) is 54.5 Å². The number of rotatable bonds is 4. The van der Waals surface area contributed by atoms with E-state index in [4.69, 9.17) is 23.2 Å².